The van der Waals surface area contributed by atoms with Crippen LogP contribution in [0.25, 0.3) is 0 Å². The van der Waals surface area contributed by atoms with Crippen LogP contribution in [0.5, 0.6) is 0 Å². The van der Waals surface area contributed by atoms with Crippen molar-refractivity contribution in [1.82, 2.24) is 0 Å². The second kappa shape index (κ2) is 6.89. The summed E-state index contributed by atoms with van der Waals surface area (Å²) < 4.78 is 5.10. The molecule has 2 nitrogen and oxygen atoms in total. The van der Waals surface area contributed by atoms with Crippen molar-refractivity contribution in [3.05, 3.63) is 11.8 Å². The molecular formula is C10H18O2. The third-order valence-corrected chi connectivity index (χ3v) is 1.46. The van der Waals surface area contributed by atoms with Crippen molar-refractivity contribution in [2.75, 3.05) is 0 Å². The molecule has 0 radical (unpaired) electrons. The molecule has 70 valence electrons. The van der Waals surface area contributed by atoms with Gasteiger partial charge < -0.3 is 4.74 Å². The van der Waals surface area contributed by atoms with Crippen LogP contribution >= 0.6 is 0 Å². The van der Waals surface area contributed by atoms with Crippen LogP contribution in [-0.4, -0.2) is 5.97 Å². The Kier molecular flexibility index (Phi) is 6.44. The van der Waals surface area contributed by atoms with E-state index in [4.69, 9.17) is 4.74 Å². The lowest BCUT2D eigenvalue weighted by Crippen LogP contribution is -2.02. The van der Waals surface area contributed by atoms with Crippen LogP contribution in [-0.2, 0) is 9.53 Å². The third-order valence-electron chi connectivity index (χ3n) is 1.46. The highest BCUT2D eigenvalue weighted by Crippen LogP contribution is 2.08. The lowest BCUT2D eigenvalue weighted by molar-refractivity contribution is -0.139. The minimum absolute atomic E-state index is 0.136. The van der Waals surface area contributed by atoms with Crippen molar-refractivity contribution < 1.29 is 9.53 Å². The van der Waals surface area contributed by atoms with Crippen LogP contribution in [0.3, 0.4) is 0 Å². The van der Waals surface area contributed by atoms with E-state index in [2.05, 4.69) is 6.92 Å². The molecule has 0 aromatic carbocycles. The highest BCUT2D eigenvalue weighted by atomic mass is 16.5. The fourth-order valence-corrected chi connectivity index (χ4v) is 0.887. The molecule has 0 fully saturated rings. The SMILES string of the molecule is CC/C=C(/CCC)OC(=O)CC. The van der Waals surface area contributed by atoms with Crippen LogP contribution in [0.15, 0.2) is 11.8 Å². The summed E-state index contributed by atoms with van der Waals surface area (Å²) >= 11 is 0. The minimum Gasteiger partial charge on any atom is -0.431 e. The predicted octanol–water partition coefficient (Wildman–Crippen LogP) is 3.03. The van der Waals surface area contributed by atoms with Gasteiger partial charge in [-0.1, -0.05) is 20.8 Å². The van der Waals surface area contributed by atoms with Crippen molar-refractivity contribution in [2.24, 2.45) is 0 Å². The van der Waals surface area contributed by atoms with Gasteiger partial charge in [-0.2, -0.15) is 0 Å². The zero-order valence-electron chi connectivity index (χ0n) is 8.22. The Labute approximate surface area is 74.6 Å². The Morgan fingerprint density at radius 1 is 1.33 bits per heavy atom. The van der Waals surface area contributed by atoms with Gasteiger partial charge in [0.15, 0.2) is 0 Å². The first kappa shape index (κ1) is 11.2. The molecule has 0 aliphatic carbocycles. The fraction of sp³-hybridized carbons (Fsp3) is 0.700. The maximum absolute atomic E-state index is 10.9. The molecule has 0 aromatic heterocycles. The smallest absolute Gasteiger partial charge is 0.310 e. The standard InChI is InChI=1S/C10H18O2/c1-4-7-9(8-5-2)12-10(11)6-3/h7H,4-6,8H2,1-3H3/b9-7-. The Bertz CT molecular complexity index is 159. The highest BCUT2D eigenvalue weighted by Gasteiger charge is 2.02. The van der Waals surface area contributed by atoms with Crippen LogP contribution in [0.2, 0.25) is 0 Å². The number of hydrogen-bond donors (Lipinski definition) is 0. The zero-order chi connectivity index (χ0) is 9.40. The molecule has 0 rings (SSSR count). The molecule has 2 heteroatoms. The molecule has 0 atom stereocenters. The van der Waals surface area contributed by atoms with Gasteiger partial charge in [0, 0.05) is 12.8 Å². The monoisotopic (exact) mass is 170 g/mol. The van der Waals surface area contributed by atoms with Crippen molar-refractivity contribution in [2.45, 2.75) is 46.5 Å². The largest absolute Gasteiger partial charge is 0.431 e. The summed E-state index contributed by atoms with van der Waals surface area (Å²) in [4.78, 5) is 10.9. The lowest BCUT2D eigenvalue weighted by atomic mass is 10.2. The number of esters is 1. The van der Waals surface area contributed by atoms with E-state index in [-0.39, 0.29) is 5.97 Å². The Hall–Kier alpha value is -0.790. The lowest BCUT2D eigenvalue weighted by Gasteiger charge is -2.05. The second-order valence-electron chi connectivity index (χ2n) is 2.66. The average Bonchev–Trinajstić information content (AvgIpc) is 2.05. The van der Waals surface area contributed by atoms with Crippen LogP contribution < -0.4 is 0 Å². The third kappa shape index (κ3) is 4.94. The summed E-state index contributed by atoms with van der Waals surface area (Å²) in [7, 11) is 0. The molecule has 0 aromatic rings. The number of carbonyl (C=O) groups is 1. The average molecular weight is 170 g/mol. The van der Waals surface area contributed by atoms with Gasteiger partial charge >= 0.3 is 5.97 Å². The van der Waals surface area contributed by atoms with E-state index < -0.39 is 0 Å². The van der Waals surface area contributed by atoms with Gasteiger partial charge in [0.2, 0.25) is 0 Å². The molecule has 0 bridgehead atoms. The van der Waals surface area contributed by atoms with Gasteiger partial charge in [0.05, 0.1) is 0 Å². The second-order valence-corrected chi connectivity index (χ2v) is 2.66. The summed E-state index contributed by atoms with van der Waals surface area (Å²) in [5.41, 5.74) is 0. The van der Waals surface area contributed by atoms with E-state index in [0.717, 1.165) is 25.0 Å². The number of allylic oxidation sites excluding steroid dienone is 2. The quantitative estimate of drug-likeness (QED) is 0.468. The number of carbonyl (C=O) groups excluding carboxylic acids is 1. The molecule has 0 N–H and O–H groups in total. The van der Waals surface area contributed by atoms with E-state index >= 15 is 0 Å². The van der Waals surface area contributed by atoms with Gasteiger partial charge in [-0.15, -0.1) is 0 Å². The van der Waals surface area contributed by atoms with Crippen LogP contribution in [0.4, 0.5) is 0 Å². The Morgan fingerprint density at radius 2 is 2.00 bits per heavy atom. The zero-order valence-corrected chi connectivity index (χ0v) is 8.22. The number of rotatable bonds is 5. The van der Waals surface area contributed by atoms with Gasteiger partial charge in [-0.25, -0.2) is 0 Å². The molecule has 0 saturated carbocycles. The molecule has 0 aliphatic rings. The molecule has 0 unspecified atom stereocenters. The van der Waals surface area contributed by atoms with E-state index in [1.807, 2.05) is 13.0 Å². The van der Waals surface area contributed by atoms with Crippen molar-refractivity contribution in [1.29, 1.82) is 0 Å². The molecule has 0 heterocycles. The summed E-state index contributed by atoms with van der Waals surface area (Å²) in [5.74, 6) is 0.690. The van der Waals surface area contributed by atoms with Gasteiger partial charge in [-0.3, -0.25) is 4.79 Å². The van der Waals surface area contributed by atoms with E-state index in [1.165, 1.54) is 0 Å². The molecule has 0 amide bonds. The van der Waals surface area contributed by atoms with Crippen molar-refractivity contribution >= 4 is 5.97 Å². The van der Waals surface area contributed by atoms with Crippen LogP contribution in [0, 0.1) is 0 Å². The first-order valence-corrected chi connectivity index (χ1v) is 4.64. The van der Waals surface area contributed by atoms with Crippen LogP contribution in [0.1, 0.15) is 46.5 Å². The van der Waals surface area contributed by atoms with E-state index in [0.29, 0.717) is 6.42 Å². The number of hydrogen-bond acceptors (Lipinski definition) is 2. The molecule has 0 saturated heterocycles. The number of ether oxygens (including phenoxy) is 1. The first-order chi connectivity index (χ1) is 5.74. The Balaban J connectivity index is 3.95. The minimum atomic E-state index is -0.136. The summed E-state index contributed by atoms with van der Waals surface area (Å²) in [5, 5.41) is 0. The van der Waals surface area contributed by atoms with E-state index in [1.54, 1.807) is 6.92 Å². The normalized spacial score (nSPS) is 11.4. The molecule has 0 aliphatic heterocycles. The fourth-order valence-electron chi connectivity index (χ4n) is 0.887. The molecular weight excluding hydrogens is 152 g/mol. The highest BCUT2D eigenvalue weighted by molar-refractivity contribution is 5.70. The van der Waals surface area contributed by atoms with Gasteiger partial charge in [-0.05, 0) is 18.9 Å². The maximum atomic E-state index is 10.9. The predicted molar refractivity (Wildman–Crippen MR) is 49.7 cm³/mol. The summed E-state index contributed by atoms with van der Waals surface area (Å²) in [6.07, 6.45) is 5.22. The summed E-state index contributed by atoms with van der Waals surface area (Å²) in [6, 6.07) is 0. The van der Waals surface area contributed by atoms with Crippen molar-refractivity contribution in [3.63, 3.8) is 0 Å². The Morgan fingerprint density at radius 3 is 2.42 bits per heavy atom. The van der Waals surface area contributed by atoms with Gasteiger partial charge in [0.1, 0.15) is 5.76 Å². The molecule has 12 heavy (non-hydrogen) atoms. The molecule has 0 spiro atoms. The maximum Gasteiger partial charge on any atom is 0.310 e. The summed E-state index contributed by atoms with van der Waals surface area (Å²) in [6.45, 7) is 5.91. The van der Waals surface area contributed by atoms with E-state index in [9.17, 15) is 4.79 Å². The van der Waals surface area contributed by atoms with Crippen molar-refractivity contribution in [3.8, 4) is 0 Å². The first-order valence-electron chi connectivity index (χ1n) is 4.64. The topological polar surface area (TPSA) is 26.3 Å². The van der Waals surface area contributed by atoms with Gasteiger partial charge in [0.25, 0.3) is 0 Å².